The number of nitrogens with zero attached hydrogens (tertiary/aromatic N) is 4. The number of hydrogen-bond donors (Lipinski definition) is 0. The van der Waals surface area contributed by atoms with Crippen molar-refractivity contribution < 1.29 is 0 Å². The van der Waals surface area contributed by atoms with Gasteiger partial charge in [0.2, 0.25) is 0 Å². The molecule has 0 aliphatic heterocycles. The monoisotopic (exact) mass is 416 g/mol. The van der Waals surface area contributed by atoms with Gasteiger partial charge in [-0.1, -0.05) is 65.8 Å². The Kier molecular flexibility index (Phi) is 4.02. The van der Waals surface area contributed by atoms with Crippen molar-refractivity contribution in [3.8, 4) is 12.1 Å². The van der Waals surface area contributed by atoms with Crippen LogP contribution in [-0.4, -0.2) is 9.97 Å². The average Bonchev–Trinajstić information content (AvgIpc) is 2.75. The highest BCUT2D eigenvalue weighted by molar-refractivity contribution is 6.32. The van der Waals surface area contributed by atoms with Crippen molar-refractivity contribution in [3.63, 3.8) is 0 Å². The van der Waals surface area contributed by atoms with E-state index in [2.05, 4.69) is 100 Å². The summed E-state index contributed by atoms with van der Waals surface area (Å²) in [7, 11) is 0. The quantitative estimate of drug-likeness (QED) is 0.204. The molecular formula is C28H24N4. The molecule has 4 aromatic carbocycles. The minimum absolute atomic E-state index is 0.0474. The third-order valence-electron chi connectivity index (χ3n) is 6.38. The third kappa shape index (κ3) is 2.80. The van der Waals surface area contributed by atoms with Gasteiger partial charge in [-0.2, -0.15) is 10.5 Å². The van der Waals surface area contributed by atoms with E-state index in [1.165, 1.54) is 11.1 Å². The lowest BCUT2D eigenvalue weighted by molar-refractivity contribution is 0.591. The van der Waals surface area contributed by atoms with E-state index in [1.807, 2.05) is 0 Å². The molecule has 32 heavy (non-hydrogen) atoms. The molecule has 0 radical (unpaired) electrons. The van der Waals surface area contributed by atoms with E-state index in [0.717, 1.165) is 32.3 Å². The summed E-state index contributed by atoms with van der Waals surface area (Å²) in [6.45, 7) is 13.2. The van der Waals surface area contributed by atoms with Crippen molar-refractivity contribution >= 4 is 43.4 Å². The van der Waals surface area contributed by atoms with Crippen LogP contribution in [-0.2, 0) is 10.8 Å². The van der Waals surface area contributed by atoms with Gasteiger partial charge in [0.25, 0.3) is 0 Å². The molecule has 156 valence electrons. The van der Waals surface area contributed by atoms with Crippen LogP contribution in [0.3, 0.4) is 0 Å². The fourth-order valence-electron chi connectivity index (χ4n) is 4.54. The first kappa shape index (κ1) is 20.2. The van der Waals surface area contributed by atoms with Crippen molar-refractivity contribution in [2.45, 2.75) is 52.4 Å². The van der Waals surface area contributed by atoms with Gasteiger partial charge in [-0.05, 0) is 55.6 Å². The van der Waals surface area contributed by atoms with Gasteiger partial charge >= 0.3 is 0 Å². The van der Waals surface area contributed by atoms with Crippen molar-refractivity contribution in [2.24, 2.45) is 0 Å². The number of rotatable bonds is 0. The molecule has 0 saturated carbocycles. The molecule has 5 rings (SSSR count). The molecule has 0 bridgehead atoms. The van der Waals surface area contributed by atoms with Gasteiger partial charge in [0.15, 0.2) is 11.4 Å². The van der Waals surface area contributed by atoms with E-state index in [9.17, 15) is 10.5 Å². The first-order chi connectivity index (χ1) is 15.0. The van der Waals surface area contributed by atoms with Gasteiger partial charge in [-0.25, -0.2) is 9.97 Å². The number of aromatic nitrogens is 2. The molecule has 0 N–H and O–H groups in total. The van der Waals surface area contributed by atoms with E-state index >= 15 is 0 Å². The van der Waals surface area contributed by atoms with Gasteiger partial charge in [0.1, 0.15) is 12.1 Å². The number of benzene rings is 4. The molecule has 0 atom stereocenters. The van der Waals surface area contributed by atoms with Crippen LogP contribution in [0.15, 0.2) is 36.4 Å². The van der Waals surface area contributed by atoms with E-state index in [0.29, 0.717) is 11.0 Å². The van der Waals surface area contributed by atoms with Gasteiger partial charge in [0, 0.05) is 10.8 Å². The van der Waals surface area contributed by atoms with Gasteiger partial charge in [-0.15, -0.1) is 0 Å². The zero-order valence-electron chi connectivity index (χ0n) is 19.3. The lowest BCUT2D eigenvalue weighted by atomic mass is 9.80. The predicted octanol–water partition coefficient (Wildman–Crippen LogP) is 6.87. The van der Waals surface area contributed by atoms with Crippen LogP contribution < -0.4 is 0 Å². The fourth-order valence-corrected chi connectivity index (χ4v) is 4.54. The molecule has 0 saturated heterocycles. The van der Waals surface area contributed by atoms with Crippen molar-refractivity contribution in [1.29, 1.82) is 10.5 Å². The molecular weight excluding hydrogens is 392 g/mol. The van der Waals surface area contributed by atoms with E-state index < -0.39 is 0 Å². The Morgan fingerprint density at radius 1 is 0.625 bits per heavy atom. The second-order valence-corrected chi connectivity index (χ2v) is 10.7. The minimum Gasteiger partial charge on any atom is -0.232 e. The van der Waals surface area contributed by atoms with E-state index in [4.69, 9.17) is 0 Å². The van der Waals surface area contributed by atoms with Crippen LogP contribution in [0.25, 0.3) is 43.4 Å². The number of fused-ring (bicyclic) bond motifs is 3. The first-order valence-corrected chi connectivity index (χ1v) is 10.8. The number of nitriles is 2. The largest absolute Gasteiger partial charge is 0.232 e. The van der Waals surface area contributed by atoms with Crippen molar-refractivity contribution in [2.75, 3.05) is 0 Å². The lowest BCUT2D eigenvalue weighted by Crippen LogP contribution is -2.12. The summed E-state index contributed by atoms with van der Waals surface area (Å²) in [6, 6.07) is 17.4. The van der Waals surface area contributed by atoms with Gasteiger partial charge in [-0.3, -0.25) is 0 Å². The Bertz CT molecular complexity index is 1520. The van der Waals surface area contributed by atoms with Crippen molar-refractivity contribution in [3.05, 3.63) is 58.9 Å². The van der Waals surface area contributed by atoms with E-state index in [1.54, 1.807) is 0 Å². The molecule has 4 nitrogen and oxygen atoms in total. The maximum atomic E-state index is 9.62. The van der Waals surface area contributed by atoms with E-state index in [-0.39, 0.29) is 22.2 Å². The molecule has 0 aliphatic carbocycles. The Morgan fingerprint density at radius 3 is 1.31 bits per heavy atom. The molecule has 0 aliphatic rings. The first-order valence-electron chi connectivity index (χ1n) is 10.8. The summed E-state index contributed by atoms with van der Waals surface area (Å²) in [4.78, 5) is 9.36. The van der Waals surface area contributed by atoms with Crippen LogP contribution in [0, 0.1) is 22.7 Å². The Labute approximate surface area is 187 Å². The smallest absolute Gasteiger partial charge is 0.177 e. The van der Waals surface area contributed by atoms with Crippen molar-refractivity contribution in [1.82, 2.24) is 9.97 Å². The topological polar surface area (TPSA) is 73.4 Å². The second kappa shape index (κ2) is 6.38. The normalized spacial score (nSPS) is 12.6. The van der Waals surface area contributed by atoms with Gasteiger partial charge in [0.05, 0.1) is 11.0 Å². The second-order valence-electron chi connectivity index (χ2n) is 10.7. The summed E-state index contributed by atoms with van der Waals surface area (Å²) in [5.41, 5.74) is 3.81. The highest BCUT2D eigenvalue weighted by Crippen LogP contribution is 2.43. The molecule has 5 aromatic rings. The molecule has 1 heterocycles. The maximum Gasteiger partial charge on any atom is 0.177 e. The average molecular weight is 417 g/mol. The Morgan fingerprint density at radius 2 is 1.00 bits per heavy atom. The molecule has 0 amide bonds. The summed E-state index contributed by atoms with van der Waals surface area (Å²) in [5, 5.41) is 25.8. The lowest BCUT2D eigenvalue weighted by Gasteiger charge is -2.24. The SMILES string of the molecule is CC(C)(C)c1cc2ccc3cc(C(C)(C)C)cc4c5nc(C#N)c(C#N)nc5c(c1)c2c34. The summed E-state index contributed by atoms with van der Waals surface area (Å²) in [6.07, 6.45) is 0. The zero-order valence-corrected chi connectivity index (χ0v) is 19.3. The van der Waals surface area contributed by atoms with Crippen LogP contribution >= 0.6 is 0 Å². The highest BCUT2D eigenvalue weighted by atomic mass is 14.8. The molecule has 4 heteroatoms. The predicted molar refractivity (Wildman–Crippen MR) is 130 cm³/mol. The highest BCUT2D eigenvalue weighted by Gasteiger charge is 2.23. The molecule has 1 aromatic heterocycles. The van der Waals surface area contributed by atoms with Crippen LogP contribution in [0.1, 0.15) is 64.1 Å². The van der Waals surface area contributed by atoms with Crippen LogP contribution in [0.4, 0.5) is 0 Å². The maximum absolute atomic E-state index is 9.62. The summed E-state index contributed by atoms with van der Waals surface area (Å²) < 4.78 is 0. The Hall–Kier alpha value is -3.76. The molecule has 0 spiro atoms. The fraction of sp³-hybridized carbons (Fsp3) is 0.286. The molecule has 0 unspecified atom stereocenters. The summed E-state index contributed by atoms with van der Waals surface area (Å²) in [5.74, 6) is 0. The number of hydrogen-bond acceptors (Lipinski definition) is 4. The molecule has 0 fully saturated rings. The van der Waals surface area contributed by atoms with Crippen LogP contribution in [0.5, 0.6) is 0 Å². The summed E-state index contributed by atoms with van der Waals surface area (Å²) >= 11 is 0. The van der Waals surface area contributed by atoms with Gasteiger partial charge < -0.3 is 0 Å². The van der Waals surface area contributed by atoms with Crippen LogP contribution in [0.2, 0.25) is 0 Å². The standard InChI is InChI=1S/C28H24N4/c1-27(2,3)17-9-15-7-8-16-10-18(28(4,5)6)12-20-24(16)23(15)19(11-17)25-26(20)32-22(14-30)21(13-29)31-25/h7-12H,1-6H3. The minimum atomic E-state index is -0.0474. The zero-order chi connectivity index (χ0) is 23.0. The third-order valence-corrected chi connectivity index (χ3v) is 6.38. The Balaban J connectivity index is 2.13.